The van der Waals surface area contributed by atoms with Crippen LogP contribution >= 0.6 is 12.4 Å². The van der Waals surface area contributed by atoms with Gasteiger partial charge in [0.05, 0.1) is 12.0 Å². The number of benzene rings is 1. The topological polar surface area (TPSA) is 98.7 Å². The van der Waals surface area contributed by atoms with E-state index in [-0.39, 0.29) is 12.4 Å². The Kier molecular flexibility index (Phi) is 7.67. The number of likely N-dealkylation sites (tertiary alicyclic amines) is 1. The molecule has 3 amide bonds. The Bertz CT molecular complexity index is 582. The molecular formula is C16H22ClN3O4. The largest absolute Gasteiger partial charge is 0.481 e. The van der Waals surface area contributed by atoms with Crippen molar-refractivity contribution in [1.82, 2.24) is 15.5 Å². The summed E-state index contributed by atoms with van der Waals surface area (Å²) in [5, 5.41) is 13.9. The highest BCUT2D eigenvalue weighted by molar-refractivity contribution is 5.96. The molecule has 8 heteroatoms. The lowest BCUT2D eigenvalue weighted by atomic mass is 10.1. The zero-order chi connectivity index (χ0) is 16.8. The molecule has 1 saturated heterocycles. The molecule has 132 valence electrons. The Hall–Kier alpha value is -2.12. The summed E-state index contributed by atoms with van der Waals surface area (Å²) in [6.45, 7) is 2.87. The third kappa shape index (κ3) is 5.50. The molecule has 1 fully saturated rings. The Labute approximate surface area is 146 Å². The van der Waals surface area contributed by atoms with E-state index in [9.17, 15) is 14.4 Å². The molecule has 1 aromatic rings. The number of carboxylic acids is 1. The van der Waals surface area contributed by atoms with Gasteiger partial charge in [0.1, 0.15) is 0 Å². The number of urea groups is 1. The molecule has 0 saturated carbocycles. The summed E-state index contributed by atoms with van der Waals surface area (Å²) in [6, 6.07) is 8.28. The van der Waals surface area contributed by atoms with E-state index >= 15 is 0 Å². The fraction of sp³-hybridized carbons (Fsp3) is 0.438. The van der Waals surface area contributed by atoms with Crippen LogP contribution in [0.5, 0.6) is 0 Å². The fourth-order valence-corrected chi connectivity index (χ4v) is 2.55. The maximum absolute atomic E-state index is 12.1. The number of rotatable bonds is 5. The molecule has 0 bridgehead atoms. The van der Waals surface area contributed by atoms with Gasteiger partial charge in [0.2, 0.25) is 5.91 Å². The van der Waals surface area contributed by atoms with Crippen molar-refractivity contribution in [3.8, 4) is 0 Å². The minimum absolute atomic E-state index is 0. The lowest BCUT2D eigenvalue weighted by Gasteiger charge is -2.22. The number of aliphatic carboxylic acids is 1. The fourth-order valence-electron chi connectivity index (χ4n) is 2.55. The molecule has 1 aliphatic heterocycles. The van der Waals surface area contributed by atoms with Crippen LogP contribution in [0.3, 0.4) is 0 Å². The third-order valence-corrected chi connectivity index (χ3v) is 4.03. The first-order chi connectivity index (χ1) is 11.0. The van der Waals surface area contributed by atoms with E-state index in [0.717, 1.165) is 5.56 Å². The van der Waals surface area contributed by atoms with Crippen molar-refractivity contribution < 1.29 is 19.5 Å². The minimum Gasteiger partial charge on any atom is -0.481 e. The zero-order valence-electron chi connectivity index (χ0n) is 13.4. The number of nitrogens with zero attached hydrogens (tertiary/aromatic N) is 1. The van der Waals surface area contributed by atoms with Crippen LogP contribution in [0.2, 0.25) is 0 Å². The predicted molar refractivity (Wildman–Crippen MR) is 90.8 cm³/mol. The van der Waals surface area contributed by atoms with E-state index in [1.807, 2.05) is 30.3 Å². The van der Waals surface area contributed by atoms with Gasteiger partial charge in [-0.1, -0.05) is 30.3 Å². The van der Waals surface area contributed by atoms with Crippen molar-refractivity contribution in [1.29, 1.82) is 0 Å². The molecule has 1 aliphatic rings. The lowest BCUT2D eigenvalue weighted by Crippen LogP contribution is -2.49. The van der Waals surface area contributed by atoms with E-state index in [0.29, 0.717) is 26.1 Å². The molecule has 0 radical (unpaired) electrons. The summed E-state index contributed by atoms with van der Waals surface area (Å²) in [6.07, 6.45) is 0.521. The van der Waals surface area contributed by atoms with Gasteiger partial charge in [-0.05, 0) is 25.5 Å². The molecule has 1 heterocycles. The highest BCUT2D eigenvalue weighted by Gasteiger charge is 2.33. The molecule has 0 aliphatic carbocycles. The Morgan fingerprint density at radius 2 is 1.96 bits per heavy atom. The summed E-state index contributed by atoms with van der Waals surface area (Å²) >= 11 is 0. The number of carboxylic acid groups (broad SMARTS) is 1. The quantitative estimate of drug-likeness (QED) is 0.737. The van der Waals surface area contributed by atoms with Crippen molar-refractivity contribution in [3.63, 3.8) is 0 Å². The van der Waals surface area contributed by atoms with Crippen LogP contribution in [0.15, 0.2) is 30.3 Å². The molecule has 2 rings (SSSR count). The number of carbonyl (C=O) groups excluding carboxylic acids is 2. The third-order valence-electron chi connectivity index (χ3n) is 4.03. The van der Waals surface area contributed by atoms with E-state index in [1.54, 1.807) is 11.8 Å². The van der Waals surface area contributed by atoms with Crippen molar-refractivity contribution in [3.05, 3.63) is 35.9 Å². The number of nitrogens with one attached hydrogen (secondary N) is 2. The summed E-state index contributed by atoms with van der Waals surface area (Å²) in [5.74, 6) is -1.72. The van der Waals surface area contributed by atoms with Gasteiger partial charge in [-0.2, -0.15) is 0 Å². The summed E-state index contributed by atoms with van der Waals surface area (Å²) < 4.78 is 0. The first-order valence-electron chi connectivity index (χ1n) is 7.57. The van der Waals surface area contributed by atoms with Crippen LogP contribution in [0.1, 0.15) is 18.9 Å². The van der Waals surface area contributed by atoms with Crippen LogP contribution < -0.4 is 10.6 Å². The summed E-state index contributed by atoms with van der Waals surface area (Å²) in [4.78, 5) is 36.6. The first kappa shape index (κ1) is 19.9. The molecule has 3 N–H and O–H groups in total. The molecule has 0 spiro atoms. The SMILES string of the molecule is CC(C(=O)NC(=O)NCc1ccccc1)N1CCC(C(=O)O)C1.Cl. The predicted octanol–water partition coefficient (Wildman–Crippen LogP) is 1.23. The smallest absolute Gasteiger partial charge is 0.321 e. The van der Waals surface area contributed by atoms with Crippen LogP contribution in [0, 0.1) is 5.92 Å². The van der Waals surface area contributed by atoms with Crippen molar-refractivity contribution in [2.75, 3.05) is 13.1 Å². The van der Waals surface area contributed by atoms with Gasteiger partial charge >= 0.3 is 12.0 Å². The molecule has 7 nitrogen and oxygen atoms in total. The molecule has 0 aromatic heterocycles. The summed E-state index contributed by atoms with van der Waals surface area (Å²) in [5.41, 5.74) is 0.937. The van der Waals surface area contributed by atoms with Crippen molar-refractivity contribution in [2.24, 2.45) is 5.92 Å². The highest BCUT2D eigenvalue weighted by Crippen LogP contribution is 2.18. The van der Waals surface area contributed by atoms with Crippen LogP contribution in [-0.4, -0.2) is 47.0 Å². The van der Waals surface area contributed by atoms with Gasteiger partial charge in [-0.15, -0.1) is 12.4 Å². The van der Waals surface area contributed by atoms with Gasteiger partial charge in [-0.3, -0.25) is 19.8 Å². The summed E-state index contributed by atoms with van der Waals surface area (Å²) in [7, 11) is 0. The second kappa shape index (κ2) is 9.24. The lowest BCUT2D eigenvalue weighted by molar-refractivity contribution is -0.141. The standard InChI is InChI=1S/C16H21N3O4.ClH/c1-11(19-8-7-13(10-19)15(21)22)14(20)18-16(23)17-9-12-5-3-2-4-6-12;/h2-6,11,13H,7-10H2,1H3,(H,21,22)(H2,17,18,20,23);1H. The van der Waals surface area contributed by atoms with Gasteiger partial charge in [-0.25, -0.2) is 4.79 Å². The van der Waals surface area contributed by atoms with Gasteiger partial charge in [0.15, 0.2) is 0 Å². The van der Waals surface area contributed by atoms with E-state index in [1.165, 1.54) is 0 Å². The Balaban J connectivity index is 0.00000288. The molecule has 24 heavy (non-hydrogen) atoms. The van der Waals surface area contributed by atoms with Crippen molar-refractivity contribution >= 4 is 30.3 Å². The second-order valence-corrected chi connectivity index (χ2v) is 5.65. The van der Waals surface area contributed by atoms with Gasteiger partial charge in [0, 0.05) is 13.1 Å². The zero-order valence-corrected chi connectivity index (χ0v) is 14.2. The monoisotopic (exact) mass is 355 g/mol. The van der Waals surface area contributed by atoms with Crippen LogP contribution in [0.25, 0.3) is 0 Å². The molecule has 2 atom stereocenters. The maximum Gasteiger partial charge on any atom is 0.321 e. The van der Waals surface area contributed by atoms with Gasteiger partial charge in [0.25, 0.3) is 0 Å². The highest BCUT2D eigenvalue weighted by atomic mass is 35.5. The Morgan fingerprint density at radius 3 is 2.54 bits per heavy atom. The van der Waals surface area contributed by atoms with Gasteiger partial charge < -0.3 is 10.4 Å². The number of amides is 3. The van der Waals surface area contributed by atoms with E-state index < -0.39 is 29.9 Å². The molecular weight excluding hydrogens is 334 g/mol. The number of imide groups is 1. The minimum atomic E-state index is -0.847. The van der Waals surface area contributed by atoms with E-state index in [4.69, 9.17) is 5.11 Å². The first-order valence-corrected chi connectivity index (χ1v) is 7.57. The number of halogens is 1. The Morgan fingerprint density at radius 1 is 1.29 bits per heavy atom. The average Bonchev–Trinajstić information content (AvgIpc) is 3.03. The maximum atomic E-state index is 12.1. The number of carbonyl (C=O) groups is 3. The average molecular weight is 356 g/mol. The van der Waals surface area contributed by atoms with Crippen LogP contribution in [0.4, 0.5) is 4.79 Å². The number of hydrogen-bond donors (Lipinski definition) is 3. The normalized spacial score (nSPS) is 18.3. The van der Waals surface area contributed by atoms with Crippen molar-refractivity contribution in [2.45, 2.75) is 25.9 Å². The number of hydrogen-bond acceptors (Lipinski definition) is 4. The van der Waals surface area contributed by atoms with E-state index in [2.05, 4.69) is 10.6 Å². The molecule has 2 unspecified atom stereocenters. The molecule has 1 aromatic carbocycles. The van der Waals surface area contributed by atoms with Crippen LogP contribution in [-0.2, 0) is 16.1 Å². The second-order valence-electron chi connectivity index (χ2n) is 5.65.